The first-order valence-corrected chi connectivity index (χ1v) is 3.60. The van der Waals surface area contributed by atoms with Crippen molar-refractivity contribution in [2.24, 2.45) is 5.73 Å². The molecule has 0 aliphatic rings. The minimum absolute atomic E-state index is 0.157. The Kier molecular flexibility index (Phi) is 3.98. The van der Waals surface area contributed by atoms with E-state index < -0.39 is 30.6 Å². The first-order chi connectivity index (χ1) is 6.01. The summed E-state index contributed by atoms with van der Waals surface area (Å²) in [5, 5.41) is -0.931. The predicted octanol–water partition coefficient (Wildman–Crippen LogP) is 1.66. The topological polar surface area (TPSA) is 29.3 Å². The van der Waals surface area contributed by atoms with Gasteiger partial charge in [0, 0.05) is 0 Å². The maximum atomic E-state index is 11.7. The van der Waals surface area contributed by atoms with Gasteiger partial charge in [0.25, 0.3) is 0 Å². The van der Waals surface area contributed by atoms with Crippen molar-refractivity contribution in [2.45, 2.75) is 12.4 Å². The molecule has 0 bridgehead atoms. The molecule has 0 atom stereocenters. The van der Waals surface area contributed by atoms with Crippen LogP contribution in [0.2, 0.25) is 0 Å². The predicted molar refractivity (Wildman–Crippen MR) is 40.5 cm³/mol. The Hall–Kier alpha value is -0.730. The molecule has 9 heteroatoms. The molecule has 2 nitrogen and oxygen atoms in total. The average Bonchev–Trinajstić information content (AvgIpc) is 1.78. The van der Waals surface area contributed by atoms with Crippen molar-refractivity contribution < 1.29 is 26.3 Å². The lowest BCUT2D eigenvalue weighted by Gasteiger charge is -2.24. The van der Waals surface area contributed by atoms with Crippen LogP contribution in [0.4, 0.5) is 26.3 Å². The zero-order valence-electron chi connectivity index (χ0n) is 6.61. The fourth-order valence-electron chi connectivity index (χ4n) is 0.645. The Morgan fingerprint density at radius 2 is 1.29 bits per heavy atom. The quantitative estimate of drug-likeness (QED) is 0.588. The number of halogens is 6. The van der Waals surface area contributed by atoms with Gasteiger partial charge in [-0.2, -0.15) is 26.3 Å². The van der Waals surface area contributed by atoms with Gasteiger partial charge in [-0.1, -0.05) is 0 Å². The molecule has 0 aromatic carbocycles. The number of thiocarbonyl (C=S) groups is 1. The highest BCUT2D eigenvalue weighted by Gasteiger charge is 2.37. The molecule has 0 aromatic heterocycles. The van der Waals surface area contributed by atoms with Crippen molar-refractivity contribution in [3.63, 3.8) is 0 Å². The molecule has 0 fully saturated rings. The molecule has 0 radical (unpaired) electrons. The smallest absolute Gasteiger partial charge is 0.376 e. The van der Waals surface area contributed by atoms with Gasteiger partial charge in [-0.15, -0.1) is 0 Å². The van der Waals surface area contributed by atoms with Crippen molar-refractivity contribution >= 4 is 17.3 Å². The normalized spacial score (nSPS) is 12.7. The summed E-state index contributed by atoms with van der Waals surface area (Å²) in [5.74, 6) is 0. The van der Waals surface area contributed by atoms with E-state index in [1.807, 2.05) is 0 Å². The van der Waals surface area contributed by atoms with Gasteiger partial charge < -0.3 is 10.6 Å². The fourth-order valence-corrected chi connectivity index (χ4v) is 0.774. The van der Waals surface area contributed by atoms with E-state index in [1.54, 1.807) is 0 Å². The average molecular weight is 240 g/mol. The summed E-state index contributed by atoms with van der Waals surface area (Å²) in [4.78, 5) is -0.157. The van der Waals surface area contributed by atoms with Crippen LogP contribution in [0.1, 0.15) is 0 Å². The molecule has 0 rings (SSSR count). The molecule has 0 heterocycles. The zero-order chi connectivity index (χ0) is 11.6. The highest BCUT2D eigenvalue weighted by atomic mass is 32.1. The summed E-state index contributed by atoms with van der Waals surface area (Å²) in [7, 11) is 0. The van der Waals surface area contributed by atoms with Crippen molar-refractivity contribution in [3.05, 3.63) is 0 Å². The second-order valence-electron chi connectivity index (χ2n) is 2.42. The number of nitrogens with zero attached hydrogens (tertiary/aromatic N) is 1. The highest BCUT2D eigenvalue weighted by molar-refractivity contribution is 7.80. The molecule has 84 valence electrons. The molecular formula is C5H6F6N2S. The van der Waals surface area contributed by atoms with Crippen molar-refractivity contribution in [2.75, 3.05) is 13.1 Å². The van der Waals surface area contributed by atoms with E-state index in [4.69, 9.17) is 5.73 Å². The summed E-state index contributed by atoms with van der Waals surface area (Å²) >= 11 is 4.06. The Balaban J connectivity index is 4.40. The van der Waals surface area contributed by atoms with Crippen molar-refractivity contribution in [1.82, 2.24) is 4.90 Å². The second kappa shape index (κ2) is 4.20. The third kappa shape index (κ3) is 6.75. The van der Waals surface area contributed by atoms with Crippen LogP contribution >= 0.6 is 12.2 Å². The maximum Gasteiger partial charge on any atom is 0.406 e. The van der Waals surface area contributed by atoms with E-state index >= 15 is 0 Å². The van der Waals surface area contributed by atoms with Gasteiger partial charge in [0.05, 0.1) is 0 Å². The molecule has 0 spiro atoms. The van der Waals surface area contributed by atoms with Crippen LogP contribution in [0.25, 0.3) is 0 Å². The molecule has 0 saturated heterocycles. The van der Waals surface area contributed by atoms with E-state index in [2.05, 4.69) is 12.2 Å². The number of hydrogen-bond acceptors (Lipinski definition) is 1. The minimum Gasteiger partial charge on any atom is -0.376 e. The third-order valence-electron chi connectivity index (χ3n) is 1.05. The number of hydrogen-bond donors (Lipinski definition) is 1. The van der Waals surface area contributed by atoms with Crippen molar-refractivity contribution in [3.8, 4) is 0 Å². The molecule has 2 N–H and O–H groups in total. The molecule has 0 saturated carbocycles. The van der Waals surface area contributed by atoms with E-state index in [0.717, 1.165) is 0 Å². The lowest BCUT2D eigenvalue weighted by molar-refractivity contribution is -0.167. The van der Waals surface area contributed by atoms with Crippen LogP contribution in [0, 0.1) is 0 Å². The maximum absolute atomic E-state index is 11.7. The molecule has 0 aromatic rings. The summed E-state index contributed by atoms with van der Waals surface area (Å²) in [6.07, 6.45) is -9.54. The van der Waals surface area contributed by atoms with Gasteiger partial charge in [-0.05, 0) is 12.2 Å². The van der Waals surface area contributed by atoms with Gasteiger partial charge in [0.1, 0.15) is 13.1 Å². The van der Waals surface area contributed by atoms with Gasteiger partial charge in [0.15, 0.2) is 5.11 Å². The van der Waals surface area contributed by atoms with Crippen LogP contribution < -0.4 is 5.73 Å². The van der Waals surface area contributed by atoms with Gasteiger partial charge in [-0.25, -0.2) is 0 Å². The number of rotatable bonds is 2. The fraction of sp³-hybridized carbons (Fsp3) is 0.800. The molecule has 14 heavy (non-hydrogen) atoms. The SMILES string of the molecule is NC(=S)N(CC(F)(F)F)CC(F)(F)F. The number of alkyl halides is 6. The number of nitrogens with two attached hydrogens (primary N) is 1. The van der Waals surface area contributed by atoms with E-state index in [0.29, 0.717) is 0 Å². The van der Waals surface area contributed by atoms with Crippen LogP contribution in [-0.2, 0) is 0 Å². The summed E-state index contributed by atoms with van der Waals surface area (Å²) in [6, 6.07) is 0. The molecular weight excluding hydrogens is 234 g/mol. The molecule has 0 aliphatic heterocycles. The Morgan fingerprint density at radius 3 is 1.43 bits per heavy atom. The van der Waals surface area contributed by atoms with E-state index in [-0.39, 0.29) is 4.90 Å². The van der Waals surface area contributed by atoms with E-state index in [9.17, 15) is 26.3 Å². The summed E-state index contributed by atoms with van der Waals surface area (Å²) < 4.78 is 70.3. The summed E-state index contributed by atoms with van der Waals surface area (Å²) in [5.41, 5.74) is 4.71. The second-order valence-corrected chi connectivity index (χ2v) is 2.84. The van der Waals surface area contributed by atoms with Crippen LogP contribution in [0.15, 0.2) is 0 Å². The van der Waals surface area contributed by atoms with E-state index in [1.165, 1.54) is 0 Å². The van der Waals surface area contributed by atoms with Crippen LogP contribution in [0.3, 0.4) is 0 Å². The van der Waals surface area contributed by atoms with Crippen LogP contribution in [0.5, 0.6) is 0 Å². The Labute approximate surface area is 80.7 Å². The standard InChI is InChI=1S/C5H6F6N2S/c6-4(7,8)1-13(3(12)14)2-5(9,10)11/h1-2H2,(H2,12,14). The minimum atomic E-state index is -4.77. The summed E-state index contributed by atoms with van der Waals surface area (Å²) in [6.45, 7) is -3.61. The van der Waals surface area contributed by atoms with Gasteiger partial charge >= 0.3 is 12.4 Å². The lowest BCUT2D eigenvalue weighted by Crippen LogP contribution is -2.46. The highest BCUT2D eigenvalue weighted by Crippen LogP contribution is 2.21. The van der Waals surface area contributed by atoms with Gasteiger partial charge in [0.2, 0.25) is 0 Å². The molecule has 0 aliphatic carbocycles. The largest absolute Gasteiger partial charge is 0.406 e. The monoisotopic (exact) mass is 240 g/mol. The zero-order valence-corrected chi connectivity index (χ0v) is 7.43. The molecule has 0 amide bonds. The Morgan fingerprint density at radius 1 is 1.00 bits per heavy atom. The molecule has 0 unspecified atom stereocenters. The van der Waals surface area contributed by atoms with Crippen molar-refractivity contribution in [1.29, 1.82) is 0 Å². The third-order valence-corrected chi connectivity index (χ3v) is 1.31. The first-order valence-electron chi connectivity index (χ1n) is 3.19. The van der Waals surface area contributed by atoms with Gasteiger partial charge in [-0.3, -0.25) is 0 Å². The Bertz CT molecular complexity index is 193. The van der Waals surface area contributed by atoms with Crippen LogP contribution in [-0.4, -0.2) is 35.5 Å². The first kappa shape index (κ1) is 13.3. The lowest BCUT2D eigenvalue weighted by atomic mass is 10.5.